The predicted molar refractivity (Wildman–Crippen MR) is 91.4 cm³/mol. The first kappa shape index (κ1) is 17.1. The van der Waals surface area contributed by atoms with E-state index < -0.39 is 0 Å². The van der Waals surface area contributed by atoms with Crippen LogP contribution in [0.2, 0.25) is 0 Å². The highest BCUT2D eigenvalue weighted by molar-refractivity contribution is 9.10. The number of hydrogen-bond donors (Lipinski definition) is 1. The second-order valence-electron chi connectivity index (χ2n) is 4.72. The molecule has 0 spiro atoms. The second kappa shape index (κ2) is 7.87. The molecule has 0 heterocycles. The number of carbonyl (C=O) groups excluding carboxylic acids is 1. The minimum atomic E-state index is -0.147. The van der Waals surface area contributed by atoms with Crippen LogP contribution in [0.3, 0.4) is 0 Å². The monoisotopic (exact) mass is 379 g/mol. The minimum absolute atomic E-state index is 0.147. The van der Waals surface area contributed by atoms with Gasteiger partial charge in [-0.3, -0.25) is 4.79 Å². The van der Waals surface area contributed by atoms with Gasteiger partial charge in [0, 0.05) is 16.6 Å². The molecule has 2 aromatic rings. The molecule has 0 aliphatic carbocycles. The van der Waals surface area contributed by atoms with Gasteiger partial charge in [0.15, 0.2) is 11.5 Å². The number of nitrogens with one attached hydrogen (secondary N) is 1. The third-order valence-corrected chi connectivity index (χ3v) is 3.81. The average Bonchev–Trinajstić information content (AvgIpc) is 2.59. The van der Waals surface area contributed by atoms with Crippen molar-refractivity contribution in [1.82, 2.24) is 5.32 Å². The van der Waals surface area contributed by atoms with Gasteiger partial charge in [0.25, 0.3) is 5.91 Å². The maximum absolute atomic E-state index is 12.1. The molecule has 0 fully saturated rings. The average molecular weight is 380 g/mol. The molecule has 0 saturated heterocycles. The molecule has 2 aromatic carbocycles. The summed E-state index contributed by atoms with van der Waals surface area (Å²) in [6, 6.07) is 10.8. The van der Waals surface area contributed by atoms with Crippen LogP contribution in [0.5, 0.6) is 17.2 Å². The molecule has 0 aliphatic rings. The zero-order valence-corrected chi connectivity index (χ0v) is 14.8. The number of carbonyl (C=O) groups is 1. The Bertz CT molecular complexity index is 660. The van der Waals surface area contributed by atoms with Crippen molar-refractivity contribution in [2.45, 2.75) is 6.54 Å². The van der Waals surface area contributed by atoms with E-state index >= 15 is 0 Å². The van der Waals surface area contributed by atoms with E-state index in [2.05, 4.69) is 21.2 Å². The molecule has 2 rings (SSSR count). The number of amides is 1. The van der Waals surface area contributed by atoms with E-state index in [0.29, 0.717) is 29.4 Å². The van der Waals surface area contributed by atoms with Gasteiger partial charge in [0.2, 0.25) is 5.75 Å². The highest BCUT2D eigenvalue weighted by Gasteiger charge is 2.13. The highest BCUT2D eigenvalue weighted by atomic mass is 79.9. The Balaban J connectivity index is 2.13. The molecule has 0 bridgehead atoms. The maximum Gasteiger partial charge on any atom is 0.251 e. The van der Waals surface area contributed by atoms with Gasteiger partial charge in [-0.05, 0) is 42.0 Å². The first-order chi connectivity index (χ1) is 11.1. The fourth-order valence-corrected chi connectivity index (χ4v) is 2.39. The van der Waals surface area contributed by atoms with Gasteiger partial charge in [0.1, 0.15) is 0 Å². The third kappa shape index (κ3) is 4.16. The molecule has 0 aliphatic heterocycles. The summed E-state index contributed by atoms with van der Waals surface area (Å²) in [4.78, 5) is 12.1. The van der Waals surface area contributed by atoms with Crippen molar-refractivity contribution in [2.24, 2.45) is 0 Å². The first-order valence-electron chi connectivity index (χ1n) is 6.91. The van der Waals surface area contributed by atoms with Gasteiger partial charge in [-0.2, -0.15) is 0 Å². The molecule has 0 atom stereocenters. The van der Waals surface area contributed by atoms with Crippen molar-refractivity contribution in [2.75, 3.05) is 21.3 Å². The summed E-state index contributed by atoms with van der Waals surface area (Å²) in [5.41, 5.74) is 1.45. The van der Waals surface area contributed by atoms with Gasteiger partial charge >= 0.3 is 0 Å². The van der Waals surface area contributed by atoms with Crippen molar-refractivity contribution in [3.8, 4) is 17.2 Å². The summed E-state index contributed by atoms with van der Waals surface area (Å²) < 4.78 is 16.8. The van der Waals surface area contributed by atoms with Crippen LogP contribution in [0.4, 0.5) is 0 Å². The molecule has 122 valence electrons. The molecule has 0 saturated carbocycles. The topological polar surface area (TPSA) is 56.8 Å². The first-order valence-corrected chi connectivity index (χ1v) is 7.71. The fraction of sp³-hybridized carbons (Fsp3) is 0.235. The van der Waals surface area contributed by atoms with E-state index in [0.717, 1.165) is 10.0 Å². The number of ether oxygens (including phenoxy) is 3. The van der Waals surface area contributed by atoms with Gasteiger partial charge in [0.05, 0.1) is 21.3 Å². The van der Waals surface area contributed by atoms with Crippen LogP contribution in [0.15, 0.2) is 40.9 Å². The summed E-state index contributed by atoms with van der Waals surface area (Å²) in [5.74, 6) is 1.49. The molecular formula is C17H18BrNO4. The molecule has 0 radical (unpaired) electrons. The van der Waals surface area contributed by atoms with E-state index in [9.17, 15) is 4.79 Å². The molecule has 0 aromatic heterocycles. The number of halogens is 1. The largest absolute Gasteiger partial charge is 0.493 e. The van der Waals surface area contributed by atoms with Crippen molar-refractivity contribution in [3.63, 3.8) is 0 Å². The van der Waals surface area contributed by atoms with E-state index in [1.807, 2.05) is 24.3 Å². The van der Waals surface area contributed by atoms with E-state index in [-0.39, 0.29) is 5.91 Å². The number of rotatable bonds is 6. The van der Waals surface area contributed by atoms with Crippen molar-refractivity contribution >= 4 is 21.8 Å². The van der Waals surface area contributed by atoms with Gasteiger partial charge < -0.3 is 19.5 Å². The summed E-state index contributed by atoms with van der Waals surface area (Å²) >= 11 is 3.34. The number of hydrogen-bond acceptors (Lipinski definition) is 4. The highest BCUT2D eigenvalue weighted by Crippen LogP contribution is 2.38. The van der Waals surface area contributed by atoms with E-state index in [1.165, 1.54) is 0 Å². The lowest BCUT2D eigenvalue weighted by Gasteiger charge is -2.14. The Hall–Kier alpha value is -2.21. The lowest BCUT2D eigenvalue weighted by atomic mass is 10.1. The Labute approximate surface area is 143 Å². The molecule has 5 nitrogen and oxygen atoms in total. The lowest BCUT2D eigenvalue weighted by molar-refractivity contribution is 0.0951. The Morgan fingerprint density at radius 1 is 1.00 bits per heavy atom. The summed E-state index contributed by atoms with van der Waals surface area (Å²) in [7, 11) is 4.67. The van der Waals surface area contributed by atoms with Crippen LogP contribution in [0.1, 0.15) is 15.9 Å². The SMILES string of the molecule is COc1cc(CNC(=O)c2ccc(Br)cc2)cc(OC)c1OC. The smallest absolute Gasteiger partial charge is 0.251 e. The number of benzene rings is 2. The van der Waals surface area contributed by atoms with Crippen molar-refractivity contribution < 1.29 is 19.0 Å². The summed E-state index contributed by atoms with van der Waals surface area (Å²) in [6.07, 6.45) is 0. The Kier molecular flexibility index (Phi) is 5.87. The lowest BCUT2D eigenvalue weighted by Crippen LogP contribution is -2.22. The second-order valence-corrected chi connectivity index (χ2v) is 5.64. The zero-order valence-electron chi connectivity index (χ0n) is 13.2. The maximum atomic E-state index is 12.1. The molecule has 23 heavy (non-hydrogen) atoms. The summed E-state index contributed by atoms with van der Waals surface area (Å²) in [5, 5.41) is 2.87. The van der Waals surface area contributed by atoms with Crippen LogP contribution in [-0.2, 0) is 6.54 Å². The third-order valence-electron chi connectivity index (χ3n) is 3.28. The predicted octanol–water partition coefficient (Wildman–Crippen LogP) is 3.40. The molecular weight excluding hydrogens is 362 g/mol. The van der Waals surface area contributed by atoms with Crippen LogP contribution in [0.25, 0.3) is 0 Å². The molecule has 1 amide bonds. The molecule has 1 N–H and O–H groups in total. The minimum Gasteiger partial charge on any atom is -0.493 e. The van der Waals surface area contributed by atoms with Crippen LogP contribution in [0, 0.1) is 0 Å². The Morgan fingerprint density at radius 2 is 1.57 bits per heavy atom. The Morgan fingerprint density at radius 3 is 2.04 bits per heavy atom. The van der Waals surface area contributed by atoms with Gasteiger partial charge in [-0.15, -0.1) is 0 Å². The van der Waals surface area contributed by atoms with Gasteiger partial charge in [-0.1, -0.05) is 15.9 Å². The van der Waals surface area contributed by atoms with Crippen molar-refractivity contribution in [1.29, 1.82) is 0 Å². The van der Waals surface area contributed by atoms with Crippen LogP contribution in [-0.4, -0.2) is 27.2 Å². The standard InChI is InChI=1S/C17H18BrNO4/c1-21-14-8-11(9-15(22-2)16(14)23-3)10-19-17(20)12-4-6-13(18)7-5-12/h4-9H,10H2,1-3H3,(H,19,20). The quantitative estimate of drug-likeness (QED) is 0.835. The normalized spacial score (nSPS) is 10.1. The van der Waals surface area contributed by atoms with Crippen LogP contribution < -0.4 is 19.5 Å². The van der Waals surface area contributed by atoms with Gasteiger partial charge in [-0.25, -0.2) is 0 Å². The molecule has 6 heteroatoms. The van der Waals surface area contributed by atoms with Crippen LogP contribution >= 0.6 is 15.9 Å². The fourth-order valence-electron chi connectivity index (χ4n) is 2.12. The van der Waals surface area contributed by atoms with E-state index in [4.69, 9.17) is 14.2 Å². The number of methoxy groups -OCH3 is 3. The molecule has 0 unspecified atom stereocenters. The van der Waals surface area contributed by atoms with Crippen molar-refractivity contribution in [3.05, 3.63) is 52.0 Å². The van der Waals surface area contributed by atoms with E-state index in [1.54, 1.807) is 33.5 Å². The zero-order chi connectivity index (χ0) is 16.8. The summed E-state index contributed by atoms with van der Waals surface area (Å²) in [6.45, 7) is 0.353.